The van der Waals surface area contributed by atoms with Gasteiger partial charge in [0, 0.05) is 16.3 Å². The molecule has 0 aliphatic carbocycles. The molecule has 2 rings (SSSR count). The summed E-state index contributed by atoms with van der Waals surface area (Å²) in [4.78, 5) is 11.1. The van der Waals surface area contributed by atoms with Crippen molar-refractivity contribution in [1.29, 1.82) is 0 Å². The van der Waals surface area contributed by atoms with E-state index in [1.807, 2.05) is 11.8 Å². The van der Waals surface area contributed by atoms with E-state index in [2.05, 4.69) is 26.6 Å². The van der Waals surface area contributed by atoms with E-state index in [-0.39, 0.29) is 6.03 Å². The van der Waals surface area contributed by atoms with Gasteiger partial charge in [-0.1, -0.05) is 28.8 Å². The summed E-state index contributed by atoms with van der Waals surface area (Å²) in [5.74, 6) is 1.08. The Kier molecular flexibility index (Phi) is 4.20. The Morgan fingerprint density at radius 2 is 2.20 bits per heavy atom. The zero-order valence-corrected chi connectivity index (χ0v) is 11.1. The lowest BCUT2D eigenvalue weighted by atomic mass is 10.0. The van der Waals surface area contributed by atoms with Crippen molar-refractivity contribution < 1.29 is 4.79 Å². The van der Waals surface area contributed by atoms with Gasteiger partial charge in [-0.15, -0.1) is 0 Å². The highest BCUT2D eigenvalue weighted by atomic mass is 79.9. The van der Waals surface area contributed by atoms with Gasteiger partial charge in [0.2, 0.25) is 0 Å². The second kappa shape index (κ2) is 5.43. The molecule has 0 bridgehead atoms. The van der Waals surface area contributed by atoms with Gasteiger partial charge in [-0.3, -0.25) is 0 Å². The number of hydrogen-bond donors (Lipinski definition) is 2. The molecule has 3 nitrogen and oxygen atoms in total. The SMILES string of the molecule is O=C1N[C@H]2CSC(CCCCCBr)[C@H]2N1. The van der Waals surface area contributed by atoms with E-state index in [0.717, 1.165) is 11.1 Å². The number of urea groups is 1. The minimum atomic E-state index is 0.0239. The molecule has 0 radical (unpaired) electrons. The lowest BCUT2D eigenvalue weighted by molar-refractivity contribution is 0.247. The second-order valence-corrected chi connectivity index (χ2v) is 6.23. The first kappa shape index (κ1) is 11.6. The monoisotopic (exact) mass is 292 g/mol. The summed E-state index contributed by atoms with van der Waals surface area (Å²) >= 11 is 5.45. The number of hydrogen-bond acceptors (Lipinski definition) is 2. The minimum absolute atomic E-state index is 0.0239. The normalized spacial score (nSPS) is 33.7. The number of amides is 2. The summed E-state index contributed by atoms with van der Waals surface area (Å²) in [5.41, 5.74) is 0. The average Bonchev–Trinajstić information content (AvgIpc) is 2.73. The molecule has 0 aromatic rings. The molecule has 1 unspecified atom stereocenters. The zero-order chi connectivity index (χ0) is 10.7. The number of fused-ring (bicyclic) bond motifs is 1. The summed E-state index contributed by atoms with van der Waals surface area (Å²) in [6.45, 7) is 0. The predicted octanol–water partition coefficient (Wildman–Crippen LogP) is 2.11. The highest BCUT2D eigenvalue weighted by Gasteiger charge is 2.42. The summed E-state index contributed by atoms with van der Waals surface area (Å²) in [6, 6.07) is 0.783. The molecule has 0 saturated carbocycles. The van der Waals surface area contributed by atoms with Gasteiger partial charge in [0.1, 0.15) is 0 Å². The van der Waals surface area contributed by atoms with Gasteiger partial charge in [-0.25, -0.2) is 4.79 Å². The molecule has 2 fully saturated rings. The molecule has 2 saturated heterocycles. The molecular weight excluding hydrogens is 276 g/mol. The van der Waals surface area contributed by atoms with E-state index in [1.165, 1.54) is 25.7 Å². The van der Waals surface area contributed by atoms with E-state index in [9.17, 15) is 4.79 Å². The molecule has 2 aliphatic rings. The fraction of sp³-hybridized carbons (Fsp3) is 0.900. The van der Waals surface area contributed by atoms with E-state index in [4.69, 9.17) is 0 Å². The van der Waals surface area contributed by atoms with Crippen molar-refractivity contribution in [3.05, 3.63) is 0 Å². The lowest BCUT2D eigenvalue weighted by Gasteiger charge is -2.16. The van der Waals surface area contributed by atoms with Crippen LogP contribution in [0.1, 0.15) is 25.7 Å². The second-order valence-electron chi connectivity index (χ2n) is 4.16. The minimum Gasteiger partial charge on any atom is -0.332 e. The number of rotatable bonds is 5. The molecule has 2 N–H and O–H groups in total. The summed E-state index contributed by atoms with van der Waals surface area (Å²) in [5, 5.41) is 7.73. The smallest absolute Gasteiger partial charge is 0.315 e. The molecule has 0 spiro atoms. The first-order valence-corrected chi connectivity index (χ1v) is 7.73. The number of alkyl halides is 1. The molecule has 0 aromatic carbocycles. The first-order chi connectivity index (χ1) is 7.31. The van der Waals surface area contributed by atoms with Crippen LogP contribution in [-0.4, -0.2) is 34.4 Å². The molecule has 2 heterocycles. The number of halogens is 1. The Balaban J connectivity index is 1.72. The van der Waals surface area contributed by atoms with Crippen molar-refractivity contribution in [1.82, 2.24) is 10.6 Å². The standard InChI is InChI=1S/C10H17BrN2OS/c11-5-3-1-2-4-8-9-7(6-15-8)12-10(14)13-9/h7-9H,1-6H2,(H2,12,13,14)/t7-,8?,9-/m0/s1. The van der Waals surface area contributed by atoms with Gasteiger partial charge in [0.05, 0.1) is 12.1 Å². The van der Waals surface area contributed by atoms with Gasteiger partial charge in [-0.05, 0) is 12.8 Å². The van der Waals surface area contributed by atoms with Crippen LogP contribution in [0.25, 0.3) is 0 Å². The highest BCUT2D eigenvalue weighted by Crippen LogP contribution is 2.33. The Morgan fingerprint density at radius 3 is 3.00 bits per heavy atom. The third-order valence-electron chi connectivity index (χ3n) is 3.06. The van der Waals surface area contributed by atoms with Crippen LogP contribution in [0.4, 0.5) is 4.79 Å². The molecule has 2 amide bonds. The molecule has 5 heteroatoms. The maximum atomic E-state index is 11.1. The van der Waals surface area contributed by atoms with Crippen molar-refractivity contribution in [3.63, 3.8) is 0 Å². The fourth-order valence-electron chi connectivity index (χ4n) is 2.26. The first-order valence-electron chi connectivity index (χ1n) is 5.56. The third kappa shape index (κ3) is 2.81. The van der Waals surface area contributed by atoms with Crippen molar-refractivity contribution in [2.24, 2.45) is 0 Å². The maximum absolute atomic E-state index is 11.1. The molecule has 15 heavy (non-hydrogen) atoms. The number of carbonyl (C=O) groups excluding carboxylic acids is 1. The van der Waals surface area contributed by atoms with Crippen LogP contribution in [0, 0.1) is 0 Å². The van der Waals surface area contributed by atoms with Crippen LogP contribution in [-0.2, 0) is 0 Å². The van der Waals surface area contributed by atoms with Crippen molar-refractivity contribution in [2.45, 2.75) is 43.0 Å². The lowest BCUT2D eigenvalue weighted by Crippen LogP contribution is -2.36. The number of nitrogens with one attached hydrogen (secondary N) is 2. The summed E-state index contributed by atoms with van der Waals surface area (Å²) < 4.78 is 0. The summed E-state index contributed by atoms with van der Waals surface area (Å²) in [6.07, 6.45) is 5.07. The summed E-state index contributed by atoms with van der Waals surface area (Å²) in [7, 11) is 0. The quantitative estimate of drug-likeness (QED) is 0.463. The van der Waals surface area contributed by atoms with Crippen molar-refractivity contribution in [2.75, 3.05) is 11.1 Å². The van der Waals surface area contributed by atoms with Crippen LogP contribution >= 0.6 is 27.7 Å². The molecule has 3 atom stereocenters. The van der Waals surface area contributed by atoms with Crippen molar-refractivity contribution in [3.8, 4) is 0 Å². The van der Waals surface area contributed by atoms with Crippen LogP contribution in [0.5, 0.6) is 0 Å². The van der Waals surface area contributed by atoms with Crippen LogP contribution < -0.4 is 10.6 Å². The topological polar surface area (TPSA) is 41.1 Å². The van der Waals surface area contributed by atoms with E-state index < -0.39 is 0 Å². The molecule has 2 aliphatic heterocycles. The van der Waals surface area contributed by atoms with Gasteiger partial charge in [0.25, 0.3) is 0 Å². The zero-order valence-electron chi connectivity index (χ0n) is 8.67. The van der Waals surface area contributed by atoms with Gasteiger partial charge < -0.3 is 10.6 Å². The molecule has 86 valence electrons. The number of carbonyl (C=O) groups is 1. The molecule has 0 aromatic heterocycles. The van der Waals surface area contributed by atoms with E-state index in [0.29, 0.717) is 17.3 Å². The number of thioether (sulfide) groups is 1. The van der Waals surface area contributed by atoms with Crippen LogP contribution in [0.15, 0.2) is 0 Å². The Hall–Kier alpha value is 0.1000. The molecular formula is C10H17BrN2OS. The Morgan fingerprint density at radius 1 is 1.33 bits per heavy atom. The van der Waals surface area contributed by atoms with Gasteiger partial charge in [0.15, 0.2) is 0 Å². The maximum Gasteiger partial charge on any atom is 0.315 e. The Labute approximate surface area is 103 Å². The largest absolute Gasteiger partial charge is 0.332 e. The van der Waals surface area contributed by atoms with Gasteiger partial charge in [-0.2, -0.15) is 11.8 Å². The highest BCUT2D eigenvalue weighted by molar-refractivity contribution is 9.09. The third-order valence-corrected chi connectivity index (χ3v) is 5.13. The average molecular weight is 293 g/mol. The Bertz CT molecular complexity index is 239. The van der Waals surface area contributed by atoms with Gasteiger partial charge >= 0.3 is 6.03 Å². The van der Waals surface area contributed by atoms with Crippen molar-refractivity contribution >= 4 is 33.7 Å². The van der Waals surface area contributed by atoms with E-state index >= 15 is 0 Å². The number of unbranched alkanes of at least 4 members (excludes halogenated alkanes) is 2. The van der Waals surface area contributed by atoms with Crippen LogP contribution in [0.3, 0.4) is 0 Å². The fourth-order valence-corrected chi connectivity index (χ4v) is 4.20. The predicted molar refractivity (Wildman–Crippen MR) is 67.8 cm³/mol. The van der Waals surface area contributed by atoms with Crippen LogP contribution in [0.2, 0.25) is 0 Å². The van der Waals surface area contributed by atoms with E-state index in [1.54, 1.807) is 0 Å².